The second-order valence-corrected chi connectivity index (χ2v) is 4.63. The number of rotatable bonds is 4. The topological polar surface area (TPSA) is 85.3 Å². The highest BCUT2D eigenvalue weighted by Crippen LogP contribution is 2.17. The van der Waals surface area contributed by atoms with Crippen LogP contribution in [0.25, 0.3) is 5.65 Å². The summed E-state index contributed by atoms with van der Waals surface area (Å²) < 4.78 is 2.52. The molecule has 2 rings (SSSR count). The highest BCUT2D eigenvalue weighted by Gasteiger charge is 2.10. The van der Waals surface area contributed by atoms with Crippen molar-refractivity contribution in [1.29, 1.82) is 0 Å². The summed E-state index contributed by atoms with van der Waals surface area (Å²) in [5.74, 6) is 0.126. The van der Waals surface area contributed by atoms with Crippen LogP contribution in [0.1, 0.15) is 13.3 Å². The maximum Gasteiger partial charge on any atom is 0.243 e. The van der Waals surface area contributed by atoms with Crippen LogP contribution in [0.15, 0.2) is 22.8 Å². The van der Waals surface area contributed by atoms with E-state index in [-0.39, 0.29) is 18.4 Å². The molecule has 1 atom stereocenters. The minimum atomic E-state index is -0.352. The maximum atomic E-state index is 10.8. The summed E-state index contributed by atoms with van der Waals surface area (Å²) in [5.41, 5.74) is 5.84. The van der Waals surface area contributed by atoms with Crippen molar-refractivity contribution in [2.24, 2.45) is 5.73 Å². The van der Waals surface area contributed by atoms with Gasteiger partial charge in [0.25, 0.3) is 0 Å². The third-order valence-electron chi connectivity index (χ3n) is 2.20. The van der Waals surface area contributed by atoms with E-state index in [2.05, 4.69) is 31.3 Å². The Hall–Kier alpha value is -1.63. The quantitative estimate of drug-likeness (QED) is 0.887. The second kappa shape index (κ2) is 4.70. The highest BCUT2D eigenvalue weighted by atomic mass is 79.9. The Morgan fingerprint density at radius 2 is 2.47 bits per heavy atom. The van der Waals surface area contributed by atoms with Crippen molar-refractivity contribution >= 4 is 33.4 Å². The largest absolute Gasteiger partial charge is 0.370 e. The first-order valence-corrected chi connectivity index (χ1v) is 5.91. The minimum Gasteiger partial charge on any atom is -0.370 e. The monoisotopic (exact) mass is 297 g/mol. The Labute approximate surface area is 106 Å². The van der Waals surface area contributed by atoms with E-state index in [9.17, 15) is 4.79 Å². The maximum absolute atomic E-state index is 10.8. The van der Waals surface area contributed by atoms with Gasteiger partial charge in [-0.1, -0.05) is 0 Å². The summed E-state index contributed by atoms with van der Waals surface area (Å²) in [5, 5.41) is 7.26. The number of anilines is 1. The van der Waals surface area contributed by atoms with Crippen molar-refractivity contribution in [2.75, 3.05) is 5.32 Å². The van der Waals surface area contributed by atoms with Gasteiger partial charge in [-0.25, -0.2) is 4.52 Å². The molecule has 2 heterocycles. The summed E-state index contributed by atoms with van der Waals surface area (Å²) >= 11 is 3.39. The lowest BCUT2D eigenvalue weighted by atomic mass is 10.2. The molecule has 0 saturated carbocycles. The number of aromatic nitrogens is 3. The van der Waals surface area contributed by atoms with E-state index in [0.29, 0.717) is 5.95 Å². The highest BCUT2D eigenvalue weighted by molar-refractivity contribution is 9.10. The Morgan fingerprint density at radius 1 is 1.71 bits per heavy atom. The minimum absolute atomic E-state index is 0.0938. The molecule has 1 unspecified atom stereocenters. The van der Waals surface area contributed by atoms with E-state index >= 15 is 0 Å². The number of halogens is 1. The molecule has 0 radical (unpaired) electrons. The number of carbonyl (C=O) groups excluding carboxylic acids is 1. The number of hydrogen-bond acceptors (Lipinski definition) is 4. The fourth-order valence-corrected chi connectivity index (χ4v) is 1.93. The molecule has 0 aliphatic carbocycles. The van der Waals surface area contributed by atoms with E-state index in [1.54, 1.807) is 10.7 Å². The Balaban J connectivity index is 2.20. The van der Waals surface area contributed by atoms with Crippen molar-refractivity contribution in [2.45, 2.75) is 19.4 Å². The second-order valence-electron chi connectivity index (χ2n) is 3.78. The molecule has 0 aliphatic heterocycles. The lowest BCUT2D eigenvalue weighted by Crippen LogP contribution is -2.24. The van der Waals surface area contributed by atoms with Gasteiger partial charge >= 0.3 is 0 Å². The van der Waals surface area contributed by atoms with Crippen molar-refractivity contribution in [1.82, 2.24) is 14.6 Å². The van der Waals surface area contributed by atoms with Crippen LogP contribution in [-0.4, -0.2) is 26.5 Å². The molecular formula is C10H12BrN5O. The lowest BCUT2D eigenvalue weighted by molar-refractivity contribution is -0.118. The van der Waals surface area contributed by atoms with Gasteiger partial charge in [0, 0.05) is 18.7 Å². The Kier molecular flexibility index (Phi) is 3.28. The third kappa shape index (κ3) is 2.73. The van der Waals surface area contributed by atoms with Crippen LogP contribution in [0.4, 0.5) is 5.95 Å². The van der Waals surface area contributed by atoms with Gasteiger partial charge < -0.3 is 11.1 Å². The van der Waals surface area contributed by atoms with E-state index in [0.717, 1.165) is 10.1 Å². The van der Waals surface area contributed by atoms with Gasteiger partial charge in [-0.2, -0.15) is 4.98 Å². The zero-order valence-corrected chi connectivity index (χ0v) is 10.8. The number of pyridine rings is 1. The van der Waals surface area contributed by atoms with E-state index in [1.807, 2.05) is 19.1 Å². The molecule has 0 aromatic carbocycles. The SMILES string of the molecule is CC(CC(N)=O)Nc1nc2c(Br)cccn2n1. The molecule has 1 amide bonds. The zero-order chi connectivity index (χ0) is 12.4. The van der Waals surface area contributed by atoms with Gasteiger partial charge in [0.05, 0.1) is 4.47 Å². The van der Waals surface area contributed by atoms with E-state index < -0.39 is 0 Å². The van der Waals surface area contributed by atoms with E-state index in [1.165, 1.54) is 0 Å². The molecule has 2 aromatic heterocycles. The molecule has 0 fully saturated rings. The fourth-order valence-electron chi connectivity index (χ4n) is 1.51. The number of nitrogens with one attached hydrogen (secondary N) is 1. The van der Waals surface area contributed by atoms with Crippen LogP contribution < -0.4 is 11.1 Å². The van der Waals surface area contributed by atoms with Gasteiger partial charge in [0.1, 0.15) is 0 Å². The van der Waals surface area contributed by atoms with Gasteiger partial charge in [-0.3, -0.25) is 4.79 Å². The van der Waals surface area contributed by atoms with Crippen LogP contribution in [-0.2, 0) is 4.79 Å². The summed E-state index contributed by atoms with van der Waals surface area (Å²) in [4.78, 5) is 15.1. The number of primary amides is 1. The van der Waals surface area contributed by atoms with Crippen molar-refractivity contribution in [3.05, 3.63) is 22.8 Å². The molecular weight excluding hydrogens is 286 g/mol. The fraction of sp³-hybridized carbons (Fsp3) is 0.300. The normalized spacial score (nSPS) is 12.6. The number of fused-ring (bicyclic) bond motifs is 1. The number of nitrogens with two attached hydrogens (primary N) is 1. The molecule has 6 nitrogen and oxygen atoms in total. The van der Waals surface area contributed by atoms with Gasteiger partial charge in [0.15, 0.2) is 5.65 Å². The molecule has 0 spiro atoms. The first-order valence-electron chi connectivity index (χ1n) is 5.12. The summed E-state index contributed by atoms with van der Waals surface area (Å²) in [6.07, 6.45) is 2.05. The van der Waals surface area contributed by atoms with Crippen molar-refractivity contribution in [3.8, 4) is 0 Å². The van der Waals surface area contributed by atoms with Crippen LogP contribution in [0, 0.1) is 0 Å². The van der Waals surface area contributed by atoms with Crippen LogP contribution in [0.3, 0.4) is 0 Å². The molecule has 0 bridgehead atoms. The summed E-state index contributed by atoms with van der Waals surface area (Å²) in [7, 11) is 0. The molecule has 7 heteroatoms. The van der Waals surface area contributed by atoms with Gasteiger partial charge in [-0.05, 0) is 35.0 Å². The van der Waals surface area contributed by atoms with Crippen LogP contribution >= 0.6 is 15.9 Å². The third-order valence-corrected chi connectivity index (χ3v) is 2.82. The summed E-state index contributed by atoms with van der Waals surface area (Å²) in [6.45, 7) is 1.85. The van der Waals surface area contributed by atoms with Crippen molar-refractivity contribution in [3.63, 3.8) is 0 Å². The molecule has 17 heavy (non-hydrogen) atoms. The van der Waals surface area contributed by atoms with Gasteiger partial charge in [-0.15, -0.1) is 5.10 Å². The molecule has 0 aliphatic rings. The molecule has 2 aromatic rings. The van der Waals surface area contributed by atoms with Crippen molar-refractivity contribution < 1.29 is 4.79 Å². The van der Waals surface area contributed by atoms with E-state index in [4.69, 9.17) is 5.73 Å². The Bertz CT molecular complexity index is 553. The predicted octanol–water partition coefficient (Wildman–Crippen LogP) is 1.17. The van der Waals surface area contributed by atoms with Gasteiger partial charge in [0.2, 0.25) is 11.9 Å². The number of carbonyl (C=O) groups is 1. The molecule has 0 saturated heterocycles. The summed E-state index contributed by atoms with van der Waals surface area (Å²) in [6, 6.07) is 3.66. The molecule has 3 N–H and O–H groups in total. The van der Waals surface area contributed by atoms with Crippen LogP contribution in [0.2, 0.25) is 0 Å². The Morgan fingerprint density at radius 3 is 3.12 bits per heavy atom. The zero-order valence-electron chi connectivity index (χ0n) is 9.22. The first-order chi connectivity index (χ1) is 8.06. The molecule has 90 valence electrons. The first kappa shape index (κ1) is 11.8. The standard InChI is InChI=1S/C10H12BrN5O/c1-6(5-8(12)17)13-10-14-9-7(11)3-2-4-16(9)15-10/h2-4,6H,5H2,1H3,(H2,12,17)(H,13,15). The lowest BCUT2D eigenvalue weighted by Gasteiger charge is -2.08. The average molecular weight is 298 g/mol. The smallest absolute Gasteiger partial charge is 0.243 e. The number of hydrogen-bond donors (Lipinski definition) is 2. The average Bonchev–Trinajstić information content (AvgIpc) is 2.60. The predicted molar refractivity (Wildman–Crippen MR) is 67.6 cm³/mol. The number of amides is 1. The number of nitrogens with zero attached hydrogens (tertiary/aromatic N) is 3. The van der Waals surface area contributed by atoms with Crippen LogP contribution in [0.5, 0.6) is 0 Å².